The van der Waals surface area contributed by atoms with E-state index in [2.05, 4.69) is 18.2 Å². The second kappa shape index (κ2) is 6.04. The van der Waals surface area contributed by atoms with Crippen molar-refractivity contribution in [2.45, 2.75) is 12.8 Å². The van der Waals surface area contributed by atoms with Crippen LogP contribution in [-0.2, 0) is 12.8 Å². The van der Waals surface area contributed by atoms with Gasteiger partial charge in [0.15, 0.2) is 11.5 Å². The molecule has 0 radical (unpaired) electrons. The third-order valence-electron chi connectivity index (χ3n) is 5.46. The molecule has 1 aliphatic heterocycles. The molecule has 5 heteroatoms. The zero-order chi connectivity index (χ0) is 19.3. The van der Waals surface area contributed by atoms with Gasteiger partial charge in [-0.2, -0.15) is 10.5 Å². The van der Waals surface area contributed by atoms with Crippen LogP contribution >= 0.6 is 0 Å². The number of ether oxygens (including phenoxy) is 2. The first-order valence-electron chi connectivity index (χ1n) is 8.99. The standard InChI is InChI=1S/C23H15N3O2/c24-10-17-21(14-6-8-19-20(9-14)28-12-27-19)16-7-5-13-3-1-2-4-15(13)22(16)18(11-25)23(17)26/h1-4,6,8-9H,5,7,12,26H2. The van der Waals surface area contributed by atoms with Crippen molar-refractivity contribution >= 4 is 5.69 Å². The van der Waals surface area contributed by atoms with Gasteiger partial charge in [0, 0.05) is 11.1 Å². The molecule has 2 N–H and O–H groups in total. The summed E-state index contributed by atoms with van der Waals surface area (Å²) in [4.78, 5) is 0. The van der Waals surface area contributed by atoms with Gasteiger partial charge in [-0.05, 0) is 47.2 Å². The summed E-state index contributed by atoms with van der Waals surface area (Å²) in [5.74, 6) is 1.33. The van der Waals surface area contributed by atoms with E-state index in [1.165, 1.54) is 5.56 Å². The molecule has 0 unspecified atom stereocenters. The van der Waals surface area contributed by atoms with E-state index in [9.17, 15) is 10.5 Å². The van der Waals surface area contributed by atoms with E-state index in [1.807, 2.05) is 36.4 Å². The molecular weight excluding hydrogens is 350 g/mol. The Balaban J connectivity index is 1.88. The molecule has 28 heavy (non-hydrogen) atoms. The zero-order valence-corrected chi connectivity index (χ0v) is 15.0. The highest BCUT2D eigenvalue weighted by Gasteiger charge is 2.28. The van der Waals surface area contributed by atoms with E-state index < -0.39 is 0 Å². The van der Waals surface area contributed by atoms with Crippen LogP contribution in [0.3, 0.4) is 0 Å². The highest BCUT2D eigenvalue weighted by molar-refractivity contribution is 5.94. The fourth-order valence-electron chi connectivity index (χ4n) is 4.21. The third kappa shape index (κ3) is 2.17. The number of nitrogens with zero attached hydrogens (tertiary/aromatic N) is 2. The van der Waals surface area contributed by atoms with Crippen molar-refractivity contribution in [3.8, 4) is 45.9 Å². The molecule has 3 aromatic rings. The van der Waals surface area contributed by atoms with E-state index in [-0.39, 0.29) is 12.5 Å². The number of hydrogen-bond donors (Lipinski definition) is 1. The average molecular weight is 365 g/mol. The van der Waals surface area contributed by atoms with Crippen molar-refractivity contribution in [3.63, 3.8) is 0 Å². The molecule has 0 fully saturated rings. The maximum atomic E-state index is 9.88. The molecule has 0 saturated carbocycles. The van der Waals surface area contributed by atoms with Crippen LogP contribution in [0.5, 0.6) is 11.5 Å². The van der Waals surface area contributed by atoms with Crippen LogP contribution < -0.4 is 15.2 Å². The lowest BCUT2D eigenvalue weighted by Crippen LogP contribution is -2.11. The Bertz CT molecular complexity index is 1230. The molecule has 0 aromatic heterocycles. The predicted octanol–water partition coefficient (Wildman–Crippen LogP) is 4.17. The van der Waals surface area contributed by atoms with Gasteiger partial charge in [0.25, 0.3) is 0 Å². The van der Waals surface area contributed by atoms with Gasteiger partial charge in [0.1, 0.15) is 12.1 Å². The average Bonchev–Trinajstić information content (AvgIpc) is 3.20. The first-order valence-corrected chi connectivity index (χ1v) is 8.99. The van der Waals surface area contributed by atoms with Crippen molar-refractivity contribution in [1.82, 2.24) is 0 Å². The Hall–Kier alpha value is -3.96. The monoisotopic (exact) mass is 365 g/mol. The van der Waals surface area contributed by atoms with Gasteiger partial charge in [-0.25, -0.2) is 0 Å². The highest BCUT2D eigenvalue weighted by Crippen LogP contribution is 2.47. The van der Waals surface area contributed by atoms with Gasteiger partial charge >= 0.3 is 0 Å². The number of anilines is 1. The van der Waals surface area contributed by atoms with Gasteiger partial charge in [0.05, 0.1) is 16.8 Å². The van der Waals surface area contributed by atoms with Crippen LogP contribution in [-0.4, -0.2) is 6.79 Å². The molecule has 5 rings (SSSR count). The van der Waals surface area contributed by atoms with Crippen molar-refractivity contribution in [2.24, 2.45) is 0 Å². The van der Waals surface area contributed by atoms with Crippen molar-refractivity contribution in [3.05, 3.63) is 64.7 Å². The number of benzene rings is 3. The van der Waals surface area contributed by atoms with Crippen LogP contribution in [0.2, 0.25) is 0 Å². The van der Waals surface area contributed by atoms with Crippen LogP contribution in [0.1, 0.15) is 22.3 Å². The number of nitriles is 2. The molecule has 0 spiro atoms. The Morgan fingerprint density at radius 2 is 1.61 bits per heavy atom. The molecule has 0 bridgehead atoms. The number of nitrogen functional groups attached to an aromatic ring is 1. The minimum Gasteiger partial charge on any atom is -0.454 e. The lowest BCUT2D eigenvalue weighted by Gasteiger charge is -2.26. The molecule has 2 aliphatic rings. The number of aryl methyl sites for hydroxylation is 1. The SMILES string of the molecule is N#Cc1c(N)c(C#N)c2c(c1-c1ccc3c(c1)OCO3)CCc1ccccc1-2. The molecule has 134 valence electrons. The summed E-state index contributed by atoms with van der Waals surface area (Å²) in [6.07, 6.45) is 1.58. The largest absolute Gasteiger partial charge is 0.454 e. The molecular formula is C23H15N3O2. The Labute approximate surface area is 162 Å². The number of nitrogens with two attached hydrogens (primary N) is 1. The Morgan fingerprint density at radius 1 is 0.857 bits per heavy atom. The summed E-state index contributed by atoms with van der Waals surface area (Å²) in [5.41, 5.74) is 12.9. The summed E-state index contributed by atoms with van der Waals surface area (Å²) in [7, 11) is 0. The molecule has 3 aromatic carbocycles. The lowest BCUT2D eigenvalue weighted by atomic mass is 9.77. The minimum atomic E-state index is 0.185. The third-order valence-corrected chi connectivity index (χ3v) is 5.46. The number of hydrogen-bond acceptors (Lipinski definition) is 5. The van der Waals surface area contributed by atoms with Crippen LogP contribution in [0, 0.1) is 22.7 Å². The summed E-state index contributed by atoms with van der Waals surface area (Å²) < 4.78 is 10.9. The van der Waals surface area contributed by atoms with Gasteiger partial charge in [-0.1, -0.05) is 30.3 Å². The number of rotatable bonds is 1. The fraction of sp³-hybridized carbons (Fsp3) is 0.130. The fourth-order valence-corrected chi connectivity index (χ4v) is 4.21. The highest BCUT2D eigenvalue weighted by atomic mass is 16.7. The summed E-state index contributed by atoms with van der Waals surface area (Å²) in [5, 5.41) is 19.7. The number of fused-ring (bicyclic) bond motifs is 4. The lowest BCUT2D eigenvalue weighted by molar-refractivity contribution is 0.174. The summed E-state index contributed by atoms with van der Waals surface area (Å²) in [6.45, 7) is 0.185. The molecule has 5 nitrogen and oxygen atoms in total. The first kappa shape index (κ1) is 16.2. The second-order valence-electron chi connectivity index (χ2n) is 6.84. The second-order valence-corrected chi connectivity index (χ2v) is 6.84. The van der Waals surface area contributed by atoms with E-state index >= 15 is 0 Å². The van der Waals surface area contributed by atoms with Crippen LogP contribution in [0.25, 0.3) is 22.3 Å². The predicted molar refractivity (Wildman–Crippen MR) is 105 cm³/mol. The maximum Gasteiger partial charge on any atom is 0.231 e. The first-order chi connectivity index (χ1) is 13.7. The van der Waals surface area contributed by atoms with Gasteiger partial charge in [0.2, 0.25) is 6.79 Å². The van der Waals surface area contributed by atoms with Crippen LogP contribution in [0.4, 0.5) is 5.69 Å². The van der Waals surface area contributed by atoms with E-state index in [0.29, 0.717) is 22.6 Å². The summed E-state index contributed by atoms with van der Waals surface area (Å²) >= 11 is 0. The van der Waals surface area contributed by atoms with Crippen molar-refractivity contribution in [2.75, 3.05) is 12.5 Å². The van der Waals surface area contributed by atoms with E-state index in [1.54, 1.807) is 0 Å². The molecule has 1 heterocycles. The quantitative estimate of drug-likeness (QED) is 0.653. The topological polar surface area (TPSA) is 92.1 Å². The van der Waals surface area contributed by atoms with Gasteiger partial charge < -0.3 is 15.2 Å². The Morgan fingerprint density at radius 3 is 2.43 bits per heavy atom. The van der Waals surface area contributed by atoms with Crippen molar-refractivity contribution < 1.29 is 9.47 Å². The molecule has 0 saturated heterocycles. The normalized spacial score (nSPS) is 13.2. The molecule has 1 aliphatic carbocycles. The van der Waals surface area contributed by atoms with E-state index in [4.69, 9.17) is 15.2 Å². The maximum absolute atomic E-state index is 9.88. The molecule has 0 amide bonds. The van der Waals surface area contributed by atoms with Crippen molar-refractivity contribution in [1.29, 1.82) is 10.5 Å². The minimum absolute atomic E-state index is 0.185. The van der Waals surface area contributed by atoms with E-state index in [0.717, 1.165) is 40.7 Å². The van der Waals surface area contributed by atoms with Gasteiger partial charge in [-0.15, -0.1) is 0 Å². The van der Waals surface area contributed by atoms with Gasteiger partial charge in [-0.3, -0.25) is 0 Å². The summed E-state index contributed by atoms with van der Waals surface area (Å²) in [6, 6.07) is 18.2. The Kier molecular flexibility index (Phi) is 3.50. The molecule has 0 atom stereocenters. The zero-order valence-electron chi connectivity index (χ0n) is 15.0. The van der Waals surface area contributed by atoms with Crippen LogP contribution in [0.15, 0.2) is 42.5 Å². The smallest absolute Gasteiger partial charge is 0.231 e.